The molecule has 1 nitrogen and oxygen atoms in total. The Morgan fingerprint density at radius 3 is 2.76 bits per heavy atom. The molecule has 1 aromatic rings. The first-order valence-electron chi connectivity index (χ1n) is 8.39. The molecule has 0 saturated heterocycles. The van der Waals surface area contributed by atoms with Gasteiger partial charge in [-0.2, -0.15) is 0 Å². The molecule has 0 aliphatic heterocycles. The molecule has 1 aromatic carbocycles. The van der Waals surface area contributed by atoms with Crippen LogP contribution in [0.3, 0.4) is 0 Å². The molecular weight excluding hydrogens is 301 g/mol. The molecule has 4 rings (SSSR count). The second-order valence-corrected chi connectivity index (χ2v) is 8.04. The van der Waals surface area contributed by atoms with Gasteiger partial charge in [0.1, 0.15) is 0 Å². The van der Waals surface area contributed by atoms with Crippen molar-refractivity contribution in [2.45, 2.75) is 44.6 Å². The van der Waals surface area contributed by atoms with E-state index >= 15 is 0 Å². The van der Waals surface area contributed by atoms with Crippen LogP contribution in [0.15, 0.2) is 18.2 Å². The molecule has 0 heterocycles. The van der Waals surface area contributed by atoms with E-state index in [1.54, 1.807) is 0 Å². The van der Waals surface area contributed by atoms with E-state index in [-0.39, 0.29) is 0 Å². The summed E-state index contributed by atoms with van der Waals surface area (Å²) < 4.78 is 0. The largest absolute Gasteiger partial charge is 0.313 e. The Balaban J connectivity index is 1.32. The van der Waals surface area contributed by atoms with Gasteiger partial charge in [-0.25, -0.2) is 0 Å². The molecule has 3 aliphatic carbocycles. The summed E-state index contributed by atoms with van der Waals surface area (Å²) in [4.78, 5) is 0. The number of nitrogens with one attached hydrogen (secondary N) is 1. The summed E-state index contributed by atoms with van der Waals surface area (Å²) in [6.45, 7) is 1.03. The maximum atomic E-state index is 6.25. The van der Waals surface area contributed by atoms with Gasteiger partial charge in [0.15, 0.2) is 0 Å². The van der Waals surface area contributed by atoms with E-state index < -0.39 is 0 Å². The first kappa shape index (κ1) is 14.4. The number of benzene rings is 1. The Labute approximate surface area is 137 Å². The van der Waals surface area contributed by atoms with Crippen LogP contribution in [-0.4, -0.2) is 12.6 Å². The van der Waals surface area contributed by atoms with Gasteiger partial charge in [-0.1, -0.05) is 35.7 Å². The van der Waals surface area contributed by atoms with E-state index in [9.17, 15) is 0 Å². The van der Waals surface area contributed by atoms with Crippen LogP contribution in [0.5, 0.6) is 0 Å². The zero-order valence-electron chi connectivity index (χ0n) is 12.3. The van der Waals surface area contributed by atoms with E-state index in [4.69, 9.17) is 23.2 Å². The van der Waals surface area contributed by atoms with Crippen molar-refractivity contribution < 1.29 is 0 Å². The highest BCUT2D eigenvalue weighted by Crippen LogP contribution is 2.58. The van der Waals surface area contributed by atoms with Crippen molar-refractivity contribution in [2.24, 2.45) is 23.7 Å². The Hall–Kier alpha value is -0.240. The smallest absolute Gasteiger partial charge is 0.0453 e. The normalized spacial score (nSPS) is 37.1. The summed E-state index contributed by atoms with van der Waals surface area (Å²) in [6.07, 6.45) is 8.40. The lowest BCUT2D eigenvalue weighted by Crippen LogP contribution is -2.40. The number of rotatable bonds is 4. The minimum absolute atomic E-state index is 0.720. The van der Waals surface area contributed by atoms with Gasteiger partial charge in [0, 0.05) is 16.1 Å². The quantitative estimate of drug-likeness (QED) is 0.826. The van der Waals surface area contributed by atoms with Crippen LogP contribution < -0.4 is 5.32 Å². The van der Waals surface area contributed by atoms with Crippen LogP contribution in [-0.2, 0) is 6.42 Å². The molecule has 0 radical (unpaired) electrons. The van der Waals surface area contributed by atoms with Gasteiger partial charge in [-0.05, 0) is 80.0 Å². The molecule has 3 fully saturated rings. The Kier molecular flexibility index (Phi) is 3.94. The third-order valence-electron chi connectivity index (χ3n) is 6.24. The van der Waals surface area contributed by atoms with Crippen LogP contribution in [0.1, 0.15) is 37.7 Å². The summed E-state index contributed by atoms with van der Waals surface area (Å²) in [7, 11) is 0. The summed E-state index contributed by atoms with van der Waals surface area (Å²) in [5.41, 5.74) is 1.20. The van der Waals surface area contributed by atoms with Crippen molar-refractivity contribution in [3.8, 4) is 0 Å². The third kappa shape index (κ3) is 2.62. The second kappa shape index (κ2) is 5.76. The van der Waals surface area contributed by atoms with E-state index in [1.165, 1.54) is 37.7 Å². The van der Waals surface area contributed by atoms with Gasteiger partial charge in [0.25, 0.3) is 0 Å². The van der Waals surface area contributed by atoms with Crippen LogP contribution in [0, 0.1) is 23.7 Å². The van der Waals surface area contributed by atoms with Crippen LogP contribution in [0.4, 0.5) is 0 Å². The lowest BCUT2D eigenvalue weighted by Gasteiger charge is -2.32. The van der Waals surface area contributed by atoms with Gasteiger partial charge in [-0.3, -0.25) is 0 Å². The fourth-order valence-electron chi connectivity index (χ4n) is 5.42. The number of hydrogen-bond donors (Lipinski definition) is 1. The molecule has 2 bridgehead atoms. The first-order valence-corrected chi connectivity index (χ1v) is 9.15. The van der Waals surface area contributed by atoms with Gasteiger partial charge in [-0.15, -0.1) is 0 Å². The highest BCUT2D eigenvalue weighted by Gasteiger charge is 2.53. The molecule has 0 spiro atoms. The van der Waals surface area contributed by atoms with E-state index in [2.05, 4.69) is 11.4 Å². The molecule has 0 amide bonds. The zero-order chi connectivity index (χ0) is 14.4. The molecule has 0 aromatic heterocycles. The second-order valence-electron chi connectivity index (χ2n) is 7.20. The molecule has 3 heteroatoms. The maximum absolute atomic E-state index is 6.25. The SMILES string of the molecule is Clc1ccc(CCNC2CC3CC2C2CCCC32)c(Cl)c1. The average Bonchev–Trinajstić information content (AvgIpc) is 3.12. The zero-order valence-corrected chi connectivity index (χ0v) is 13.8. The third-order valence-corrected chi connectivity index (χ3v) is 6.83. The molecule has 3 saturated carbocycles. The van der Waals surface area contributed by atoms with Crippen molar-refractivity contribution in [2.75, 3.05) is 6.54 Å². The van der Waals surface area contributed by atoms with E-state index in [1.807, 2.05) is 12.1 Å². The molecule has 5 atom stereocenters. The van der Waals surface area contributed by atoms with Gasteiger partial charge in [0.2, 0.25) is 0 Å². The van der Waals surface area contributed by atoms with Gasteiger partial charge in [0.05, 0.1) is 0 Å². The average molecular weight is 324 g/mol. The fraction of sp³-hybridized carbons (Fsp3) is 0.667. The van der Waals surface area contributed by atoms with Crippen molar-refractivity contribution in [1.82, 2.24) is 5.32 Å². The Morgan fingerprint density at radius 2 is 1.90 bits per heavy atom. The topological polar surface area (TPSA) is 12.0 Å². The van der Waals surface area contributed by atoms with E-state index in [0.29, 0.717) is 0 Å². The van der Waals surface area contributed by atoms with Crippen molar-refractivity contribution in [3.05, 3.63) is 33.8 Å². The lowest BCUT2D eigenvalue weighted by molar-refractivity contribution is 0.209. The van der Waals surface area contributed by atoms with Gasteiger partial charge < -0.3 is 5.32 Å². The maximum Gasteiger partial charge on any atom is 0.0453 e. The lowest BCUT2D eigenvalue weighted by atomic mass is 9.79. The highest BCUT2D eigenvalue weighted by molar-refractivity contribution is 6.35. The fourth-order valence-corrected chi connectivity index (χ4v) is 5.92. The summed E-state index contributed by atoms with van der Waals surface area (Å²) in [5.74, 6) is 4.11. The molecule has 1 N–H and O–H groups in total. The van der Waals surface area contributed by atoms with E-state index in [0.717, 1.165) is 52.7 Å². The molecule has 3 aliphatic rings. The van der Waals surface area contributed by atoms with Gasteiger partial charge >= 0.3 is 0 Å². The van der Waals surface area contributed by atoms with Crippen molar-refractivity contribution in [3.63, 3.8) is 0 Å². The summed E-state index contributed by atoms with van der Waals surface area (Å²) >= 11 is 12.2. The standard InChI is InChI=1S/C18H23Cl2N/c19-13-5-4-11(17(20)10-13)6-7-21-18-9-12-8-16(18)15-3-1-2-14(12)15/h4-5,10,12,14-16,18,21H,1-3,6-9H2. The van der Waals surface area contributed by atoms with Crippen molar-refractivity contribution in [1.29, 1.82) is 0 Å². The molecule has 114 valence electrons. The van der Waals surface area contributed by atoms with Crippen LogP contribution in [0.2, 0.25) is 10.0 Å². The molecular formula is C18H23Cl2N. The number of fused-ring (bicyclic) bond motifs is 5. The van der Waals surface area contributed by atoms with Crippen molar-refractivity contribution >= 4 is 23.2 Å². The number of hydrogen-bond acceptors (Lipinski definition) is 1. The van der Waals surface area contributed by atoms with Crippen LogP contribution >= 0.6 is 23.2 Å². The summed E-state index contributed by atoms with van der Waals surface area (Å²) in [6, 6.07) is 6.60. The molecule has 5 unspecified atom stereocenters. The summed E-state index contributed by atoms with van der Waals surface area (Å²) in [5, 5.41) is 5.34. The Morgan fingerprint density at radius 1 is 1.05 bits per heavy atom. The number of halogens is 2. The Bertz CT molecular complexity index is 530. The highest BCUT2D eigenvalue weighted by atomic mass is 35.5. The first-order chi connectivity index (χ1) is 10.2. The van der Waals surface area contributed by atoms with Crippen LogP contribution in [0.25, 0.3) is 0 Å². The monoisotopic (exact) mass is 323 g/mol. The minimum atomic E-state index is 0.720. The molecule has 21 heavy (non-hydrogen) atoms. The predicted molar refractivity (Wildman–Crippen MR) is 89.0 cm³/mol. The minimum Gasteiger partial charge on any atom is -0.313 e. The predicted octanol–water partition coefficient (Wildman–Crippen LogP) is 4.95.